The number of aliphatic carboxylic acids is 1. The van der Waals surface area contributed by atoms with Crippen molar-refractivity contribution in [2.45, 2.75) is 19.4 Å². The van der Waals surface area contributed by atoms with Crippen LogP contribution in [0.15, 0.2) is 12.4 Å². The molecule has 6 nitrogen and oxygen atoms in total. The fourth-order valence-corrected chi connectivity index (χ4v) is 2.59. The molecule has 7 heteroatoms. The Morgan fingerprint density at radius 2 is 2.35 bits per heavy atom. The van der Waals surface area contributed by atoms with Crippen molar-refractivity contribution in [2.75, 3.05) is 26.2 Å². The van der Waals surface area contributed by atoms with Crippen molar-refractivity contribution in [3.8, 4) is 0 Å². The quantitative estimate of drug-likeness (QED) is 0.816. The molecule has 1 saturated heterocycles. The summed E-state index contributed by atoms with van der Waals surface area (Å²) in [7, 11) is 0. The number of carboxylic acids is 1. The van der Waals surface area contributed by atoms with Crippen LogP contribution in [0.3, 0.4) is 0 Å². The molecule has 2 N–H and O–H groups in total. The zero-order valence-electron chi connectivity index (χ0n) is 11.3. The lowest BCUT2D eigenvalue weighted by Crippen LogP contribution is -2.40. The second kappa shape index (κ2) is 7.52. The van der Waals surface area contributed by atoms with E-state index in [-0.39, 0.29) is 6.54 Å². The number of aromatic nitrogens is 2. The predicted molar refractivity (Wildman–Crippen MR) is 75.5 cm³/mol. The number of hydrogen-bond donors (Lipinski definition) is 2. The summed E-state index contributed by atoms with van der Waals surface area (Å²) in [4.78, 5) is 21.1. The molecule has 1 aliphatic rings. The van der Waals surface area contributed by atoms with Crippen molar-refractivity contribution in [3.63, 3.8) is 0 Å². The molecule has 0 radical (unpaired) electrons. The third kappa shape index (κ3) is 5.03. The van der Waals surface area contributed by atoms with Crippen LogP contribution in [0.5, 0.6) is 0 Å². The number of carboxylic acid groups (broad SMARTS) is 1. The highest BCUT2D eigenvalue weighted by molar-refractivity contribution is 6.29. The molecule has 0 aliphatic carbocycles. The Morgan fingerprint density at radius 1 is 1.50 bits per heavy atom. The monoisotopic (exact) mass is 298 g/mol. The van der Waals surface area contributed by atoms with Gasteiger partial charge in [-0.3, -0.25) is 14.7 Å². The molecule has 20 heavy (non-hydrogen) atoms. The molecule has 0 aromatic carbocycles. The molecule has 1 atom stereocenters. The largest absolute Gasteiger partial charge is 0.480 e. The van der Waals surface area contributed by atoms with Crippen LogP contribution < -0.4 is 5.32 Å². The number of nitrogens with zero attached hydrogens (tertiary/aromatic N) is 3. The summed E-state index contributed by atoms with van der Waals surface area (Å²) in [5.74, 6) is -0.322. The van der Waals surface area contributed by atoms with Crippen LogP contribution in [-0.4, -0.2) is 52.1 Å². The smallest absolute Gasteiger partial charge is 0.317 e. The lowest BCUT2D eigenvalue weighted by Gasteiger charge is -2.32. The number of hydrogen-bond acceptors (Lipinski definition) is 5. The molecule has 1 aliphatic heterocycles. The summed E-state index contributed by atoms with van der Waals surface area (Å²) in [6.07, 6.45) is 5.53. The van der Waals surface area contributed by atoms with Gasteiger partial charge in [-0.15, -0.1) is 0 Å². The molecule has 2 heterocycles. The van der Waals surface area contributed by atoms with E-state index >= 15 is 0 Å². The highest BCUT2D eigenvalue weighted by Gasteiger charge is 2.20. The van der Waals surface area contributed by atoms with Crippen LogP contribution in [-0.2, 0) is 11.3 Å². The van der Waals surface area contributed by atoms with Crippen molar-refractivity contribution in [3.05, 3.63) is 23.2 Å². The minimum absolute atomic E-state index is 0.0269. The average Bonchev–Trinajstić information content (AvgIpc) is 2.41. The summed E-state index contributed by atoms with van der Waals surface area (Å²) in [6.45, 7) is 3.53. The molecule has 0 amide bonds. The van der Waals surface area contributed by atoms with E-state index in [1.165, 1.54) is 0 Å². The van der Waals surface area contributed by atoms with Crippen molar-refractivity contribution in [1.29, 1.82) is 0 Å². The van der Waals surface area contributed by atoms with Gasteiger partial charge < -0.3 is 10.4 Å². The van der Waals surface area contributed by atoms with Crippen molar-refractivity contribution in [1.82, 2.24) is 20.2 Å². The van der Waals surface area contributed by atoms with Gasteiger partial charge in [-0.25, -0.2) is 4.98 Å². The van der Waals surface area contributed by atoms with E-state index in [9.17, 15) is 4.79 Å². The lowest BCUT2D eigenvalue weighted by atomic mass is 9.98. The van der Waals surface area contributed by atoms with Gasteiger partial charge in [0.2, 0.25) is 0 Å². The van der Waals surface area contributed by atoms with Gasteiger partial charge in [-0.05, 0) is 31.8 Å². The Labute approximate surface area is 123 Å². The maximum absolute atomic E-state index is 10.5. The summed E-state index contributed by atoms with van der Waals surface area (Å²) in [6, 6.07) is 0. The topological polar surface area (TPSA) is 78.4 Å². The summed E-state index contributed by atoms with van der Waals surface area (Å²) >= 11 is 5.72. The normalized spacial score (nSPS) is 19.9. The molecule has 110 valence electrons. The van der Waals surface area contributed by atoms with E-state index in [0.717, 1.165) is 44.7 Å². The molecule has 1 aromatic rings. The molecule has 0 bridgehead atoms. The molecular weight excluding hydrogens is 280 g/mol. The lowest BCUT2D eigenvalue weighted by molar-refractivity contribution is -0.136. The van der Waals surface area contributed by atoms with Crippen molar-refractivity contribution < 1.29 is 9.90 Å². The summed E-state index contributed by atoms with van der Waals surface area (Å²) in [5.41, 5.74) is 0.911. The molecule has 1 aromatic heterocycles. The van der Waals surface area contributed by atoms with Gasteiger partial charge in [-0.2, -0.15) is 0 Å². The minimum atomic E-state index is -0.811. The Hall–Kier alpha value is -1.24. The standard InChI is InChI=1S/C13H19ClN4O2/c14-12-6-16-11(5-17-12)9-18-3-1-2-10(8-18)4-15-7-13(19)20/h5-6,10,15H,1-4,7-9H2,(H,19,20). The summed E-state index contributed by atoms with van der Waals surface area (Å²) in [5, 5.41) is 12.0. The van der Waals surface area contributed by atoms with E-state index in [4.69, 9.17) is 16.7 Å². The Morgan fingerprint density at radius 3 is 3.05 bits per heavy atom. The van der Waals surface area contributed by atoms with Gasteiger partial charge in [0.1, 0.15) is 5.15 Å². The highest BCUT2D eigenvalue weighted by atomic mass is 35.5. The maximum Gasteiger partial charge on any atom is 0.317 e. The highest BCUT2D eigenvalue weighted by Crippen LogP contribution is 2.17. The molecule has 0 saturated carbocycles. The summed E-state index contributed by atoms with van der Waals surface area (Å²) < 4.78 is 0. The first-order valence-electron chi connectivity index (χ1n) is 6.75. The van der Waals surface area contributed by atoms with Gasteiger partial charge in [-0.1, -0.05) is 11.6 Å². The van der Waals surface area contributed by atoms with Crippen molar-refractivity contribution >= 4 is 17.6 Å². The molecular formula is C13H19ClN4O2. The maximum atomic E-state index is 10.5. The second-order valence-electron chi connectivity index (χ2n) is 5.10. The van der Waals surface area contributed by atoms with Gasteiger partial charge in [0.25, 0.3) is 0 Å². The van der Waals surface area contributed by atoms with Gasteiger partial charge in [0.05, 0.1) is 24.6 Å². The molecule has 0 spiro atoms. The Kier molecular flexibility index (Phi) is 5.70. The van der Waals surface area contributed by atoms with Crippen LogP contribution in [0.4, 0.5) is 0 Å². The SMILES string of the molecule is O=C(O)CNCC1CCCN(Cc2cnc(Cl)cn2)C1. The third-order valence-electron chi connectivity index (χ3n) is 3.37. The van der Waals surface area contributed by atoms with Crippen LogP contribution in [0.1, 0.15) is 18.5 Å². The van der Waals surface area contributed by atoms with Crippen LogP contribution in [0.25, 0.3) is 0 Å². The van der Waals surface area contributed by atoms with Gasteiger partial charge >= 0.3 is 5.97 Å². The first-order chi connectivity index (χ1) is 9.63. The second-order valence-corrected chi connectivity index (χ2v) is 5.49. The first-order valence-corrected chi connectivity index (χ1v) is 7.12. The third-order valence-corrected chi connectivity index (χ3v) is 3.57. The zero-order valence-corrected chi connectivity index (χ0v) is 12.0. The Bertz CT molecular complexity index is 441. The molecule has 2 rings (SSSR count). The van der Waals surface area contributed by atoms with Crippen LogP contribution in [0, 0.1) is 5.92 Å². The van der Waals surface area contributed by atoms with E-state index in [1.54, 1.807) is 12.4 Å². The number of nitrogens with one attached hydrogen (secondary N) is 1. The molecule has 1 unspecified atom stereocenters. The number of piperidine rings is 1. The average molecular weight is 299 g/mol. The Balaban J connectivity index is 1.78. The van der Waals surface area contributed by atoms with Crippen LogP contribution >= 0.6 is 11.6 Å². The van der Waals surface area contributed by atoms with E-state index in [1.807, 2.05) is 0 Å². The van der Waals surface area contributed by atoms with E-state index < -0.39 is 5.97 Å². The first kappa shape index (κ1) is 15.2. The van der Waals surface area contributed by atoms with Crippen molar-refractivity contribution in [2.24, 2.45) is 5.92 Å². The number of rotatable bonds is 6. The van der Waals surface area contributed by atoms with Gasteiger partial charge in [0, 0.05) is 13.1 Å². The number of likely N-dealkylation sites (tertiary alicyclic amines) is 1. The van der Waals surface area contributed by atoms with Gasteiger partial charge in [0.15, 0.2) is 0 Å². The van der Waals surface area contributed by atoms with E-state index in [0.29, 0.717) is 11.1 Å². The minimum Gasteiger partial charge on any atom is -0.480 e. The van der Waals surface area contributed by atoms with Crippen LogP contribution in [0.2, 0.25) is 5.15 Å². The predicted octanol–water partition coefficient (Wildman–Crippen LogP) is 1.02. The molecule has 1 fully saturated rings. The zero-order chi connectivity index (χ0) is 14.4. The fraction of sp³-hybridized carbons (Fsp3) is 0.615. The number of halogens is 1. The fourth-order valence-electron chi connectivity index (χ4n) is 2.49. The number of carbonyl (C=O) groups is 1. The van der Waals surface area contributed by atoms with E-state index in [2.05, 4.69) is 20.2 Å².